The molecule has 0 aromatic carbocycles. The van der Waals surface area contributed by atoms with Gasteiger partial charge in [-0.15, -0.1) is 0 Å². The smallest absolute Gasteiger partial charge is 0.220 e. The Kier molecular flexibility index (Phi) is 60.4. The maximum Gasteiger partial charge on any atom is 0.220 e. The number of carbonyl (C=O) groups is 1. The number of hydrogen-bond acceptors (Lipinski definition) is 3. The molecule has 0 rings (SSSR count). The van der Waals surface area contributed by atoms with E-state index in [-0.39, 0.29) is 12.5 Å². The number of nitrogens with one attached hydrogen (secondary N) is 1. The highest BCUT2D eigenvalue weighted by molar-refractivity contribution is 5.76. The van der Waals surface area contributed by atoms with Crippen LogP contribution in [0.3, 0.4) is 0 Å². The zero-order chi connectivity index (χ0) is 53.4. The van der Waals surface area contributed by atoms with E-state index in [2.05, 4.69) is 153 Å². The third-order valence-electron chi connectivity index (χ3n) is 13.3. The van der Waals surface area contributed by atoms with Crippen LogP contribution in [0.4, 0.5) is 0 Å². The Bertz CT molecular complexity index is 1530. The Morgan fingerprint density at radius 3 is 0.946 bits per heavy atom. The lowest BCUT2D eigenvalue weighted by atomic mass is 10.0. The topological polar surface area (TPSA) is 69.6 Å². The van der Waals surface area contributed by atoms with Crippen LogP contribution < -0.4 is 5.32 Å². The second-order valence-corrected chi connectivity index (χ2v) is 20.4. The number of hydrogen-bond donors (Lipinski definition) is 3. The van der Waals surface area contributed by atoms with Crippen molar-refractivity contribution in [2.75, 3.05) is 6.61 Å². The molecule has 1 amide bonds. The van der Waals surface area contributed by atoms with Crippen LogP contribution in [0.2, 0.25) is 0 Å². The molecule has 3 N–H and O–H groups in total. The van der Waals surface area contributed by atoms with Crippen LogP contribution in [0, 0.1) is 0 Å². The lowest BCUT2D eigenvalue weighted by Crippen LogP contribution is -2.45. The number of unbranched alkanes of at least 4 members (excludes halogenated alkanes) is 26. The van der Waals surface area contributed by atoms with Crippen molar-refractivity contribution in [2.24, 2.45) is 0 Å². The number of carbonyl (C=O) groups excluding carboxylic acids is 1. The number of amides is 1. The first-order valence-corrected chi connectivity index (χ1v) is 31.0. The molecule has 0 bridgehead atoms. The van der Waals surface area contributed by atoms with Gasteiger partial charge in [0, 0.05) is 6.42 Å². The van der Waals surface area contributed by atoms with Crippen LogP contribution in [-0.2, 0) is 4.79 Å². The highest BCUT2D eigenvalue weighted by Gasteiger charge is 2.18. The van der Waals surface area contributed by atoms with Crippen molar-refractivity contribution in [1.82, 2.24) is 5.32 Å². The number of rotatable bonds is 55. The van der Waals surface area contributed by atoms with E-state index in [0.29, 0.717) is 6.42 Å². The van der Waals surface area contributed by atoms with Gasteiger partial charge in [0.1, 0.15) is 0 Å². The average Bonchev–Trinajstić information content (AvgIpc) is 3.40. The maximum atomic E-state index is 12.5. The molecule has 0 aliphatic heterocycles. The van der Waals surface area contributed by atoms with Crippen LogP contribution in [-0.4, -0.2) is 34.9 Å². The van der Waals surface area contributed by atoms with Gasteiger partial charge < -0.3 is 15.5 Å². The molecular formula is C70H117NO3. The first-order valence-electron chi connectivity index (χ1n) is 31.0. The van der Waals surface area contributed by atoms with Crippen molar-refractivity contribution in [3.05, 3.63) is 146 Å². The molecule has 4 heteroatoms. The van der Waals surface area contributed by atoms with Crippen molar-refractivity contribution >= 4 is 5.91 Å². The Hall–Kier alpha value is -3.73. The highest BCUT2D eigenvalue weighted by Crippen LogP contribution is 2.15. The molecule has 0 aromatic heterocycles. The summed E-state index contributed by atoms with van der Waals surface area (Å²) >= 11 is 0. The van der Waals surface area contributed by atoms with Gasteiger partial charge in [0.2, 0.25) is 5.91 Å². The molecule has 4 nitrogen and oxygen atoms in total. The van der Waals surface area contributed by atoms with E-state index in [0.717, 1.165) is 103 Å². The van der Waals surface area contributed by atoms with Crippen LogP contribution in [0.5, 0.6) is 0 Å². The summed E-state index contributed by atoms with van der Waals surface area (Å²) in [6, 6.07) is -0.658. The molecule has 0 saturated heterocycles. The van der Waals surface area contributed by atoms with Gasteiger partial charge in [-0.25, -0.2) is 0 Å². The van der Waals surface area contributed by atoms with Gasteiger partial charge in [0.05, 0.1) is 18.8 Å². The molecular weight excluding hydrogens is 903 g/mol. The van der Waals surface area contributed by atoms with E-state index in [1.807, 2.05) is 6.08 Å². The van der Waals surface area contributed by atoms with Crippen LogP contribution in [0.25, 0.3) is 0 Å². The second kappa shape index (κ2) is 63.6. The summed E-state index contributed by atoms with van der Waals surface area (Å²) in [6.45, 7) is 4.18. The molecule has 0 saturated carbocycles. The van der Waals surface area contributed by atoms with Crippen molar-refractivity contribution in [1.29, 1.82) is 0 Å². The molecule has 74 heavy (non-hydrogen) atoms. The van der Waals surface area contributed by atoms with E-state index in [4.69, 9.17) is 0 Å². The third kappa shape index (κ3) is 59.2. The summed E-state index contributed by atoms with van der Waals surface area (Å²) in [4.78, 5) is 12.5. The maximum absolute atomic E-state index is 12.5. The van der Waals surface area contributed by atoms with E-state index in [1.165, 1.54) is 148 Å². The van der Waals surface area contributed by atoms with E-state index in [9.17, 15) is 15.0 Å². The van der Waals surface area contributed by atoms with Crippen molar-refractivity contribution in [3.63, 3.8) is 0 Å². The summed E-state index contributed by atoms with van der Waals surface area (Å²) in [6.07, 6.45) is 100. The monoisotopic (exact) mass is 1020 g/mol. The Balaban J connectivity index is 3.63. The van der Waals surface area contributed by atoms with Gasteiger partial charge in [-0.2, -0.15) is 0 Å². The standard InChI is InChI=1S/C70H117NO3/c1-3-5-7-9-11-13-15-17-19-21-23-25-27-28-29-30-31-32-33-34-35-36-37-38-39-40-41-42-44-46-48-50-52-54-56-58-60-62-64-66-70(74)71-68(67-72)69(73)65-63-61-59-57-55-53-51-49-47-45-43-26-24-22-20-18-16-14-12-10-8-6-4-2/h5,7,11,13,17,19,23,25,28-29,31-32,34-35,37-38,40-41,47,49,55,57,63,65,68-69,72-73H,3-4,6,8-10,12,14-16,18,20-22,24,26-27,30,33,36,39,42-46,48,50-54,56,58-62,64,66-67H2,1-2H3,(H,71,74)/b7-5-,13-11-,19-17-,25-23-,29-28-,32-31-,35-34-,38-37-,41-40-,49-47+,57-55+,65-63+. The fraction of sp³-hybridized carbons (Fsp3) is 0.643. The lowest BCUT2D eigenvalue weighted by molar-refractivity contribution is -0.123. The van der Waals surface area contributed by atoms with Gasteiger partial charge in [0.15, 0.2) is 0 Å². The van der Waals surface area contributed by atoms with Crippen LogP contribution >= 0.6 is 0 Å². The molecule has 2 atom stereocenters. The summed E-state index contributed by atoms with van der Waals surface area (Å²) in [5.74, 6) is -0.0856. The highest BCUT2D eigenvalue weighted by atomic mass is 16.3. The van der Waals surface area contributed by atoms with Crippen LogP contribution in [0.15, 0.2) is 146 Å². The average molecular weight is 1020 g/mol. The predicted octanol–water partition coefficient (Wildman–Crippen LogP) is 21.1. The molecule has 0 aromatic rings. The number of aliphatic hydroxyl groups is 2. The molecule has 0 radical (unpaired) electrons. The Labute approximate surface area is 459 Å². The first-order chi connectivity index (χ1) is 36.7. The largest absolute Gasteiger partial charge is 0.394 e. The molecule has 0 fully saturated rings. The van der Waals surface area contributed by atoms with Crippen LogP contribution in [0.1, 0.15) is 271 Å². The zero-order valence-electron chi connectivity index (χ0n) is 48.3. The van der Waals surface area contributed by atoms with Crippen molar-refractivity contribution in [2.45, 2.75) is 283 Å². The van der Waals surface area contributed by atoms with Gasteiger partial charge in [-0.05, 0) is 116 Å². The lowest BCUT2D eigenvalue weighted by Gasteiger charge is -2.19. The molecule has 0 aliphatic carbocycles. The summed E-state index contributed by atoms with van der Waals surface area (Å²) in [7, 11) is 0. The quantitative estimate of drug-likeness (QED) is 0.0420. The van der Waals surface area contributed by atoms with Crippen molar-refractivity contribution < 1.29 is 15.0 Å². The van der Waals surface area contributed by atoms with E-state index in [1.54, 1.807) is 6.08 Å². The van der Waals surface area contributed by atoms with Crippen molar-refractivity contribution in [3.8, 4) is 0 Å². The minimum Gasteiger partial charge on any atom is -0.394 e. The fourth-order valence-corrected chi connectivity index (χ4v) is 8.62. The van der Waals surface area contributed by atoms with Gasteiger partial charge in [-0.1, -0.05) is 295 Å². The predicted molar refractivity (Wildman–Crippen MR) is 331 cm³/mol. The molecule has 2 unspecified atom stereocenters. The molecule has 420 valence electrons. The summed E-state index contributed by atoms with van der Waals surface area (Å²) in [5.41, 5.74) is 0. The minimum atomic E-state index is -0.882. The van der Waals surface area contributed by atoms with E-state index >= 15 is 0 Å². The zero-order valence-corrected chi connectivity index (χ0v) is 48.3. The minimum absolute atomic E-state index is 0.0856. The van der Waals surface area contributed by atoms with E-state index < -0.39 is 12.1 Å². The molecule has 0 spiro atoms. The Morgan fingerprint density at radius 1 is 0.338 bits per heavy atom. The number of allylic oxidation sites excluding steroid dienone is 23. The first kappa shape index (κ1) is 70.3. The van der Waals surface area contributed by atoms with Gasteiger partial charge in [-0.3, -0.25) is 4.79 Å². The summed E-state index contributed by atoms with van der Waals surface area (Å²) in [5, 5.41) is 23.2. The third-order valence-corrected chi connectivity index (χ3v) is 13.3. The van der Waals surface area contributed by atoms with Gasteiger partial charge in [0.25, 0.3) is 0 Å². The molecule has 0 aliphatic rings. The van der Waals surface area contributed by atoms with Gasteiger partial charge >= 0.3 is 0 Å². The molecule has 0 heterocycles. The fourth-order valence-electron chi connectivity index (χ4n) is 8.62. The second-order valence-electron chi connectivity index (χ2n) is 20.4. The summed E-state index contributed by atoms with van der Waals surface area (Å²) < 4.78 is 0. The number of aliphatic hydroxyl groups excluding tert-OH is 2. The normalized spacial score (nSPS) is 13.8. The SMILES string of the molecule is CC/C=C\C/C=C\C/C=C\C/C=C\C/C=C\C/C=C\C/C=C\C/C=C\C/C=C\CCCCCCCCCCCCCC(=O)NC(CO)C(O)/C=C/CC/C=C/CC/C=C/CCCCCCCCCCCCCCC. The Morgan fingerprint density at radius 2 is 0.608 bits per heavy atom.